The van der Waals surface area contributed by atoms with E-state index in [1.165, 1.54) is 0 Å². The fraction of sp³-hybridized carbons (Fsp3) is 1.00. The molecule has 0 aromatic rings. The second kappa shape index (κ2) is 5.23. The minimum atomic E-state index is -1.22. The van der Waals surface area contributed by atoms with Crippen LogP contribution in [-0.2, 0) is 9.47 Å². The first kappa shape index (κ1) is 12.9. The summed E-state index contributed by atoms with van der Waals surface area (Å²) >= 11 is 0. The van der Waals surface area contributed by atoms with Crippen LogP contribution in [0.1, 0.15) is 27.2 Å². The van der Waals surface area contributed by atoms with Crippen molar-refractivity contribution in [2.75, 3.05) is 0 Å². The van der Waals surface area contributed by atoms with Crippen LogP contribution in [0.4, 0.5) is 0 Å². The standard InChI is InChI=1S/C10H20O5/c1-4-5(2)14-10-9(13)8(12)7(11)6(3)15-10/h5-13H,4H2,1-3H3/t5?,6-,7-,8+,9+,10+/m0/s1. The van der Waals surface area contributed by atoms with E-state index in [4.69, 9.17) is 9.47 Å². The third kappa shape index (κ3) is 2.89. The maximum absolute atomic E-state index is 9.61. The van der Waals surface area contributed by atoms with Gasteiger partial charge >= 0.3 is 0 Å². The molecule has 0 bridgehead atoms. The van der Waals surface area contributed by atoms with Gasteiger partial charge in [-0.15, -0.1) is 0 Å². The van der Waals surface area contributed by atoms with E-state index in [1.54, 1.807) is 6.92 Å². The van der Waals surface area contributed by atoms with Gasteiger partial charge in [-0.3, -0.25) is 0 Å². The summed E-state index contributed by atoms with van der Waals surface area (Å²) in [4.78, 5) is 0. The molecule has 1 saturated heterocycles. The van der Waals surface area contributed by atoms with Crippen molar-refractivity contribution in [1.29, 1.82) is 0 Å². The van der Waals surface area contributed by atoms with Crippen molar-refractivity contribution in [3.05, 3.63) is 0 Å². The number of aliphatic hydroxyl groups excluding tert-OH is 3. The summed E-state index contributed by atoms with van der Waals surface area (Å²) in [5, 5.41) is 28.6. The minimum absolute atomic E-state index is 0.0562. The van der Waals surface area contributed by atoms with Gasteiger partial charge in [0.15, 0.2) is 6.29 Å². The summed E-state index contributed by atoms with van der Waals surface area (Å²) in [6.45, 7) is 5.44. The van der Waals surface area contributed by atoms with Gasteiger partial charge in [-0.25, -0.2) is 0 Å². The number of aliphatic hydroxyl groups is 3. The molecular weight excluding hydrogens is 200 g/mol. The summed E-state index contributed by atoms with van der Waals surface area (Å²) < 4.78 is 10.7. The largest absolute Gasteiger partial charge is 0.388 e. The highest BCUT2D eigenvalue weighted by Gasteiger charge is 2.42. The molecule has 0 spiro atoms. The predicted molar refractivity (Wildman–Crippen MR) is 53.2 cm³/mol. The van der Waals surface area contributed by atoms with Crippen molar-refractivity contribution >= 4 is 0 Å². The van der Waals surface area contributed by atoms with Gasteiger partial charge in [-0.1, -0.05) is 6.92 Å². The third-order valence-electron chi connectivity index (χ3n) is 2.75. The summed E-state index contributed by atoms with van der Waals surface area (Å²) in [6.07, 6.45) is -4.17. The molecular formula is C10H20O5. The third-order valence-corrected chi connectivity index (χ3v) is 2.75. The van der Waals surface area contributed by atoms with E-state index in [0.29, 0.717) is 0 Å². The summed E-state index contributed by atoms with van der Waals surface area (Å²) in [5.41, 5.74) is 0. The molecule has 90 valence electrons. The zero-order valence-corrected chi connectivity index (χ0v) is 9.33. The van der Waals surface area contributed by atoms with E-state index < -0.39 is 30.7 Å². The second-order valence-corrected chi connectivity index (χ2v) is 4.04. The topological polar surface area (TPSA) is 79.2 Å². The molecule has 0 aromatic heterocycles. The number of rotatable bonds is 3. The first-order chi connectivity index (χ1) is 6.97. The van der Waals surface area contributed by atoms with Crippen molar-refractivity contribution < 1.29 is 24.8 Å². The lowest BCUT2D eigenvalue weighted by Gasteiger charge is -2.39. The van der Waals surface area contributed by atoms with Crippen LogP contribution in [0.5, 0.6) is 0 Å². The zero-order valence-electron chi connectivity index (χ0n) is 9.33. The van der Waals surface area contributed by atoms with Crippen molar-refractivity contribution in [1.82, 2.24) is 0 Å². The smallest absolute Gasteiger partial charge is 0.186 e. The Morgan fingerprint density at radius 3 is 2.33 bits per heavy atom. The summed E-state index contributed by atoms with van der Waals surface area (Å²) in [5.74, 6) is 0. The van der Waals surface area contributed by atoms with Gasteiger partial charge in [0.2, 0.25) is 0 Å². The first-order valence-electron chi connectivity index (χ1n) is 5.32. The van der Waals surface area contributed by atoms with E-state index in [0.717, 1.165) is 6.42 Å². The average Bonchev–Trinajstić information content (AvgIpc) is 2.22. The van der Waals surface area contributed by atoms with Gasteiger partial charge in [-0.2, -0.15) is 0 Å². The van der Waals surface area contributed by atoms with Gasteiger partial charge < -0.3 is 24.8 Å². The molecule has 1 fully saturated rings. The van der Waals surface area contributed by atoms with Crippen molar-refractivity contribution in [3.8, 4) is 0 Å². The van der Waals surface area contributed by atoms with E-state index in [2.05, 4.69) is 0 Å². The molecule has 0 aliphatic carbocycles. The van der Waals surface area contributed by atoms with Crippen LogP contribution in [0.3, 0.4) is 0 Å². The molecule has 5 nitrogen and oxygen atoms in total. The predicted octanol–water partition coefficient (Wildman–Crippen LogP) is -0.371. The van der Waals surface area contributed by atoms with Crippen LogP contribution in [-0.4, -0.2) is 52.1 Å². The Bertz CT molecular complexity index is 196. The Hall–Kier alpha value is -0.200. The van der Waals surface area contributed by atoms with E-state index in [-0.39, 0.29) is 6.10 Å². The van der Waals surface area contributed by atoms with Gasteiger partial charge in [-0.05, 0) is 20.3 Å². The molecule has 1 unspecified atom stereocenters. The van der Waals surface area contributed by atoms with Gasteiger partial charge in [0.05, 0.1) is 12.2 Å². The maximum atomic E-state index is 9.61. The summed E-state index contributed by atoms with van der Waals surface area (Å²) in [6, 6.07) is 0. The highest BCUT2D eigenvalue weighted by Crippen LogP contribution is 2.22. The zero-order chi connectivity index (χ0) is 11.6. The number of hydrogen-bond acceptors (Lipinski definition) is 5. The Morgan fingerprint density at radius 1 is 1.20 bits per heavy atom. The molecule has 1 rings (SSSR count). The summed E-state index contributed by atoms with van der Waals surface area (Å²) in [7, 11) is 0. The Balaban J connectivity index is 2.58. The highest BCUT2D eigenvalue weighted by molar-refractivity contribution is 4.87. The lowest BCUT2D eigenvalue weighted by atomic mass is 10.00. The molecule has 0 radical (unpaired) electrons. The van der Waals surface area contributed by atoms with Crippen molar-refractivity contribution in [3.63, 3.8) is 0 Å². The normalized spacial score (nSPS) is 44.0. The molecule has 1 heterocycles. The fourth-order valence-electron chi connectivity index (χ4n) is 1.45. The lowest BCUT2D eigenvalue weighted by Crippen LogP contribution is -2.57. The average molecular weight is 220 g/mol. The molecule has 3 N–H and O–H groups in total. The molecule has 0 amide bonds. The fourth-order valence-corrected chi connectivity index (χ4v) is 1.45. The minimum Gasteiger partial charge on any atom is -0.388 e. The Morgan fingerprint density at radius 2 is 1.80 bits per heavy atom. The molecule has 1 aliphatic heterocycles. The lowest BCUT2D eigenvalue weighted by molar-refractivity contribution is -0.302. The molecule has 1 aliphatic rings. The van der Waals surface area contributed by atoms with Crippen molar-refractivity contribution in [2.45, 2.75) is 64.0 Å². The molecule has 6 atom stereocenters. The van der Waals surface area contributed by atoms with Crippen LogP contribution in [0.15, 0.2) is 0 Å². The van der Waals surface area contributed by atoms with E-state index >= 15 is 0 Å². The Kier molecular flexibility index (Phi) is 4.48. The van der Waals surface area contributed by atoms with Crippen LogP contribution in [0.25, 0.3) is 0 Å². The number of ether oxygens (including phenoxy) is 2. The number of hydrogen-bond donors (Lipinski definition) is 3. The SMILES string of the molecule is CCC(C)O[C@@H]1O[C@@H](C)[C@H](O)[C@@H](O)[C@H]1O. The van der Waals surface area contributed by atoms with Crippen LogP contribution in [0, 0.1) is 0 Å². The second-order valence-electron chi connectivity index (χ2n) is 4.04. The van der Waals surface area contributed by atoms with Gasteiger partial charge in [0.25, 0.3) is 0 Å². The molecule has 0 aromatic carbocycles. The molecule has 15 heavy (non-hydrogen) atoms. The van der Waals surface area contributed by atoms with Gasteiger partial charge in [0, 0.05) is 0 Å². The maximum Gasteiger partial charge on any atom is 0.186 e. The molecule has 0 saturated carbocycles. The molecule has 5 heteroatoms. The highest BCUT2D eigenvalue weighted by atomic mass is 16.7. The van der Waals surface area contributed by atoms with E-state index in [9.17, 15) is 15.3 Å². The Labute approximate surface area is 89.6 Å². The van der Waals surface area contributed by atoms with Crippen LogP contribution < -0.4 is 0 Å². The van der Waals surface area contributed by atoms with Crippen molar-refractivity contribution in [2.24, 2.45) is 0 Å². The monoisotopic (exact) mass is 220 g/mol. The van der Waals surface area contributed by atoms with Gasteiger partial charge in [0.1, 0.15) is 18.3 Å². The van der Waals surface area contributed by atoms with Crippen LogP contribution in [0.2, 0.25) is 0 Å². The van der Waals surface area contributed by atoms with Crippen LogP contribution >= 0.6 is 0 Å². The quantitative estimate of drug-likeness (QED) is 0.604. The first-order valence-corrected chi connectivity index (χ1v) is 5.32. The van der Waals surface area contributed by atoms with E-state index in [1.807, 2.05) is 13.8 Å².